The number of rotatable bonds is 9. The molecule has 4 N–H and O–H groups in total. The van der Waals surface area contributed by atoms with Gasteiger partial charge in [-0.25, -0.2) is 4.79 Å². The number of benzene rings is 1. The largest absolute Gasteiger partial charge is 0.449 e. The van der Waals surface area contributed by atoms with E-state index in [9.17, 15) is 4.79 Å². The molecule has 30 heavy (non-hydrogen) atoms. The van der Waals surface area contributed by atoms with Crippen LogP contribution >= 0.6 is 11.8 Å². The average Bonchev–Trinajstić information content (AvgIpc) is 2.71. The van der Waals surface area contributed by atoms with Crippen LogP contribution in [0.5, 0.6) is 0 Å². The number of nitrogens with zero attached hydrogens (tertiary/aromatic N) is 3. The molecule has 1 amide bonds. The Kier molecular flexibility index (Phi) is 12.5. The zero-order chi connectivity index (χ0) is 22.4. The van der Waals surface area contributed by atoms with Gasteiger partial charge in [-0.05, 0) is 37.7 Å². The third-order valence-electron chi connectivity index (χ3n) is 3.77. The summed E-state index contributed by atoms with van der Waals surface area (Å²) >= 11 is 1.44. The minimum Gasteiger partial charge on any atom is -0.449 e. The van der Waals surface area contributed by atoms with Crippen molar-refractivity contribution in [2.75, 3.05) is 24.3 Å². The number of aliphatic hydroxyl groups is 1. The molecule has 0 spiro atoms. The van der Waals surface area contributed by atoms with E-state index in [1.54, 1.807) is 0 Å². The van der Waals surface area contributed by atoms with Crippen LogP contribution in [0.1, 0.15) is 57.8 Å². The Hall–Kier alpha value is -2.39. The SMILES string of the molecule is CC(C)CCCO.CCCOC(=O)Nc1nc(N)nc(SC(C)c2ccccc2)n1. The normalized spacial score (nSPS) is 11.4. The van der Waals surface area contributed by atoms with Gasteiger partial charge in [-0.3, -0.25) is 5.32 Å². The summed E-state index contributed by atoms with van der Waals surface area (Å²) < 4.78 is 4.93. The van der Waals surface area contributed by atoms with E-state index in [4.69, 9.17) is 15.6 Å². The molecule has 1 atom stereocenters. The predicted octanol–water partition coefficient (Wildman–Crippen LogP) is 4.68. The van der Waals surface area contributed by atoms with Gasteiger partial charge in [-0.1, -0.05) is 62.9 Å². The quantitative estimate of drug-likeness (QED) is 0.485. The second kappa shape index (κ2) is 14.6. The molecule has 2 rings (SSSR count). The summed E-state index contributed by atoms with van der Waals surface area (Å²) in [5, 5.41) is 11.4. The zero-order valence-corrected chi connectivity index (χ0v) is 19.0. The van der Waals surface area contributed by atoms with E-state index in [0.717, 1.165) is 30.7 Å². The number of carbonyl (C=O) groups is 1. The van der Waals surface area contributed by atoms with Gasteiger partial charge in [0.25, 0.3) is 0 Å². The molecule has 2 aromatic rings. The number of thioether (sulfide) groups is 1. The smallest absolute Gasteiger partial charge is 0.414 e. The van der Waals surface area contributed by atoms with Crippen molar-refractivity contribution in [1.82, 2.24) is 15.0 Å². The van der Waals surface area contributed by atoms with E-state index in [1.165, 1.54) is 11.8 Å². The van der Waals surface area contributed by atoms with E-state index in [2.05, 4.69) is 34.1 Å². The predicted molar refractivity (Wildman–Crippen MR) is 121 cm³/mol. The number of nitrogens with two attached hydrogens (primary N) is 1. The lowest BCUT2D eigenvalue weighted by molar-refractivity contribution is 0.161. The van der Waals surface area contributed by atoms with Crippen LogP contribution < -0.4 is 11.1 Å². The average molecular weight is 436 g/mol. The molecular weight excluding hydrogens is 402 g/mol. The molecule has 0 saturated heterocycles. The van der Waals surface area contributed by atoms with Gasteiger partial charge in [0.15, 0.2) is 5.16 Å². The number of hydrogen-bond acceptors (Lipinski definition) is 8. The van der Waals surface area contributed by atoms with Gasteiger partial charge in [0.2, 0.25) is 11.9 Å². The molecule has 0 bridgehead atoms. The Morgan fingerprint density at radius 1 is 1.20 bits per heavy atom. The molecular formula is C21H33N5O3S. The third kappa shape index (κ3) is 11.0. The molecule has 1 aromatic carbocycles. The monoisotopic (exact) mass is 435 g/mol. The highest BCUT2D eigenvalue weighted by atomic mass is 32.2. The van der Waals surface area contributed by atoms with Crippen LogP contribution in [-0.2, 0) is 4.74 Å². The number of nitrogens with one attached hydrogen (secondary N) is 1. The Morgan fingerprint density at radius 3 is 2.47 bits per heavy atom. The molecule has 1 unspecified atom stereocenters. The van der Waals surface area contributed by atoms with E-state index in [-0.39, 0.29) is 17.1 Å². The summed E-state index contributed by atoms with van der Waals surface area (Å²) in [5.41, 5.74) is 6.83. The van der Waals surface area contributed by atoms with E-state index in [1.807, 2.05) is 44.2 Å². The molecule has 0 aliphatic rings. The van der Waals surface area contributed by atoms with Crippen molar-refractivity contribution < 1.29 is 14.6 Å². The molecule has 8 nitrogen and oxygen atoms in total. The van der Waals surface area contributed by atoms with Crippen molar-refractivity contribution in [2.24, 2.45) is 5.92 Å². The maximum Gasteiger partial charge on any atom is 0.414 e. The number of ether oxygens (including phenoxy) is 1. The number of carbonyl (C=O) groups excluding carboxylic acids is 1. The molecule has 0 fully saturated rings. The Balaban J connectivity index is 0.000000553. The minimum absolute atomic E-state index is 0.0496. The number of anilines is 2. The van der Waals surface area contributed by atoms with Crippen molar-refractivity contribution in [2.45, 2.75) is 57.4 Å². The topological polar surface area (TPSA) is 123 Å². The molecule has 1 aromatic heterocycles. The van der Waals surface area contributed by atoms with Gasteiger partial charge >= 0.3 is 6.09 Å². The second-order valence-corrected chi connectivity index (χ2v) is 8.30. The van der Waals surface area contributed by atoms with Crippen LogP contribution in [0.4, 0.5) is 16.7 Å². The van der Waals surface area contributed by atoms with Gasteiger partial charge in [-0.2, -0.15) is 15.0 Å². The Labute approximate surface area is 183 Å². The van der Waals surface area contributed by atoms with Crippen LogP contribution in [-0.4, -0.2) is 39.4 Å². The lowest BCUT2D eigenvalue weighted by atomic mass is 10.1. The lowest BCUT2D eigenvalue weighted by Crippen LogP contribution is -2.17. The highest BCUT2D eigenvalue weighted by Crippen LogP contribution is 2.32. The molecule has 0 aliphatic heterocycles. The fourth-order valence-electron chi connectivity index (χ4n) is 2.25. The summed E-state index contributed by atoms with van der Waals surface area (Å²) in [6, 6.07) is 9.98. The van der Waals surface area contributed by atoms with Crippen LogP contribution in [0, 0.1) is 5.92 Å². The molecule has 0 saturated carbocycles. The second-order valence-electron chi connectivity index (χ2n) is 6.99. The lowest BCUT2D eigenvalue weighted by Gasteiger charge is -2.11. The highest BCUT2D eigenvalue weighted by Gasteiger charge is 2.13. The van der Waals surface area contributed by atoms with Crippen molar-refractivity contribution >= 4 is 29.8 Å². The summed E-state index contributed by atoms with van der Waals surface area (Å²) in [5.74, 6) is 0.877. The van der Waals surface area contributed by atoms with Crippen molar-refractivity contribution in [3.63, 3.8) is 0 Å². The summed E-state index contributed by atoms with van der Waals surface area (Å²) in [4.78, 5) is 23.7. The summed E-state index contributed by atoms with van der Waals surface area (Å²) in [6.07, 6.45) is 2.24. The fraction of sp³-hybridized carbons (Fsp3) is 0.524. The zero-order valence-electron chi connectivity index (χ0n) is 18.2. The summed E-state index contributed by atoms with van der Waals surface area (Å²) in [6.45, 7) is 8.96. The fourth-order valence-corrected chi connectivity index (χ4v) is 3.15. The maximum atomic E-state index is 11.6. The number of amides is 1. The molecule has 166 valence electrons. The first-order valence-electron chi connectivity index (χ1n) is 10.1. The molecule has 1 heterocycles. The maximum absolute atomic E-state index is 11.6. The molecule has 9 heteroatoms. The first-order valence-corrected chi connectivity index (χ1v) is 11.0. The van der Waals surface area contributed by atoms with E-state index in [0.29, 0.717) is 18.4 Å². The van der Waals surface area contributed by atoms with Crippen LogP contribution in [0.2, 0.25) is 0 Å². The number of aromatic nitrogens is 3. The third-order valence-corrected chi connectivity index (χ3v) is 4.79. The molecule has 0 aliphatic carbocycles. The van der Waals surface area contributed by atoms with Crippen LogP contribution in [0.3, 0.4) is 0 Å². The number of hydrogen-bond donors (Lipinski definition) is 3. The number of nitrogen functional groups attached to an aromatic ring is 1. The van der Waals surface area contributed by atoms with Crippen molar-refractivity contribution in [1.29, 1.82) is 0 Å². The van der Waals surface area contributed by atoms with Crippen molar-refractivity contribution in [3.8, 4) is 0 Å². The van der Waals surface area contributed by atoms with Gasteiger partial charge in [0.1, 0.15) is 0 Å². The highest BCUT2D eigenvalue weighted by molar-refractivity contribution is 7.99. The van der Waals surface area contributed by atoms with Gasteiger partial charge in [0, 0.05) is 11.9 Å². The standard InChI is InChI=1S/C15H19N5O2S.C6H14O/c1-3-9-22-15(21)20-13-17-12(16)18-14(19-13)23-10(2)11-7-5-4-6-8-11;1-6(2)4-3-5-7/h4-8,10H,3,9H2,1-2H3,(H3,16,17,18,19,20,21);6-7H,3-5H2,1-2H3. The van der Waals surface area contributed by atoms with E-state index < -0.39 is 6.09 Å². The van der Waals surface area contributed by atoms with E-state index >= 15 is 0 Å². The van der Waals surface area contributed by atoms with Gasteiger partial charge in [0.05, 0.1) is 6.61 Å². The van der Waals surface area contributed by atoms with Crippen LogP contribution in [0.25, 0.3) is 0 Å². The summed E-state index contributed by atoms with van der Waals surface area (Å²) in [7, 11) is 0. The Bertz CT molecular complexity index is 747. The van der Waals surface area contributed by atoms with Gasteiger partial charge in [-0.15, -0.1) is 0 Å². The molecule has 0 radical (unpaired) electrons. The number of aliphatic hydroxyl groups excluding tert-OH is 1. The van der Waals surface area contributed by atoms with Crippen molar-refractivity contribution in [3.05, 3.63) is 35.9 Å². The van der Waals surface area contributed by atoms with Gasteiger partial charge < -0.3 is 15.6 Å². The minimum atomic E-state index is -0.607. The Morgan fingerprint density at radius 2 is 1.90 bits per heavy atom. The van der Waals surface area contributed by atoms with Crippen LogP contribution in [0.15, 0.2) is 35.5 Å². The first kappa shape index (κ1) is 25.6. The first-order chi connectivity index (χ1) is 14.3.